The van der Waals surface area contributed by atoms with Gasteiger partial charge in [0.15, 0.2) is 17.4 Å². The molecule has 0 saturated carbocycles. The minimum Gasteiger partial charge on any atom is -0.500 e. The van der Waals surface area contributed by atoms with Crippen molar-refractivity contribution in [1.82, 2.24) is 0 Å². The van der Waals surface area contributed by atoms with Gasteiger partial charge in [-0.1, -0.05) is 6.07 Å². The zero-order valence-corrected chi connectivity index (χ0v) is 7.80. The third-order valence-corrected chi connectivity index (χ3v) is 2.20. The second-order valence-electron chi connectivity index (χ2n) is 3.19. The number of halogens is 2. The van der Waals surface area contributed by atoms with E-state index in [-0.39, 0.29) is 5.56 Å². The molecule has 0 fully saturated rings. The van der Waals surface area contributed by atoms with Crippen LogP contribution >= 0.6 is 0 Å². The van der Waals surface area contributed by atoms with Gasteiger partial charge in [-0.15, -0.1) is 0 Å². The van der Waals surface area contributed by atoms with Gasteiger partial charge in [0.2, 0.25) is 0 Å². The highest BCUT2D eigenvalue weighted by atomic mass is 19.2. The lowest BCUT2D eigenvalue weighted by atomic mass is 10.0. The van der Waals surface area contributed by atoms with Crippen LogP contribution in [0.4, 0.5) is 8.78 Å². The molecule has 1 aliphatic rings. The maximum Gasteiger partial charge on any atom is 0.195 e. The molecule has 2 rings (SSSR count). The van der Waals surface area contributed by atoms with Crippen LogP contribution in [0.25, 0.3) is 0 Å². The molecule has 0 aromatic heterocycles. The Morgan fingerprint density at radius 3 is 2.80 bits per heavy atom. The maximum atomic E-state index is 13.2. The Morgan fingerprint density at radius 2 is 2.13 bits per heavy atom. The van der Waals surface area contributed by atoms with Gasteiger partial charge in [0.1, 0.15) is 0 Å². The van der Waals surface area contributed by atoms with Gasteiger partial charge >= 0.3 is 0 Å². The van der Waals surface area contributed by atoms with Crippen molar-refractivity contribution in [2.45, 2.75) is 6.42 Å². The van der Waals surface area contributed by atoms with E-state index in [2.05, 4.69) is 0 Å². The molecule has 1 heterocycles. The molecule has 1 aromatic rings. The van der Waals surface area contributed by atoms with Crippen LogP contribution in [0.5, 0.6) is 0 Å². The van der Waals surface area contributed by atoms with Crippen LogP contribution in [0.2, 0.25) is 0 Å². The molecule has 78 valence electrons. The van der Waals surface area contributed by atoms with E-state index in [1.54, 1.807) is 0 Å². The number of ketones is 1. The van der Waals surface area contributed by atoms with E-state index in [4.69, 9.17) is 4.74 Å². The van der Waals surface area contributed by atoms with E-state index in [1.807, 2.05) is 0 Å². The lowest BCUT2D eigenvalue weighted by Gasteiger charge is -2.02. The largest absolute Gasteiger partial charge is 0.500 e. The molecule has 0 radical (unpaired) electrons. The van der Waals surface area contributed by atoms with Gasteiger partial charge in [0.05, 0.1) is 18.4 Å². The van der Waals surface area contributed by atoms with Crippen LogP contribution in [-0.4, -0.2) is 12.4 Å². The SMILES string of the molecule is O=C(C1=COCC1)c1cccc(F)c1F. The van der Waals surface area contributed by atoms with Crippen molar-refractivity contribution < 1.29 is 18.3 Å². The summed E-state index contributed by atoms with van der Waals surface area (Å²) in [5, 5.41) is 0. The zero-order chi connectivity index (χ0) is 10.8. The molecule has 4 heteroatoms. The molecule has 0 bridgehead atoms. The minimum atomic E-state index is -1.10. The van der Waals surface area contributed by atoms with E-state index >= 15 is 0 Å². The van der Waals surface area contributed by atoms with Crippen LogP contribution in [-0.2, 0) is 4.74 Å². The number of Topliss-reactive ketones (excluding diaryl/α,β-unsaturated/α-hetero) is 1. The summed E-state index contributed by atoms with van der Waals surface area (Å²) < 4.78 is 31.0. The summed E-state index contributed by atoms with van der Waals surface area (Å²) in [6, 6.07) is 3.55. The lowest BCUT2D eigenvalue weighted by Crippen LogP contribution is -2.06. The molecule has 0 aliphatic carbocycles. The Bertz CT molecular complexity index is 438. The van der Waals surface area contributed by atoms with E-state index in [0.717, 1.165) is 6.07 Å². The molecule has 2 nitrogen and oxygen atoms in total. The lowest BCUT2D eigenvalue weighted by molar-refractivity contribution is 0.102. The summed E-state index contributed by atoms with van der Waals surface area (Å²) in [6.45, 7) is 0.415. The van der Waals surface area contributed by atoms with E-state index in [9.17, 15) is 13.6 Å². The summed E-state index contributed by atoms with van der Waals surface area (Å²) >= 11 is 0. The first-order chi connectivity index (χ1) is 7.20. The summed E-state index contributed by atoms with van der Waals surface area (Å²) in [7, 11) is 0. The van der Waals surface area contributed by atoms with Crippen LogP contribution in [0.1, 0.15) is 16.8 Å². The number of hydrogen-bond acceptors (Lipinski definition) is 2. The second kappa shape index (κ2) is 3.81. The smallest absolute Gasteiger partial charge is 0.195 e. The van der Waals surface area contributed by atoms with E-state index < -0.39 is 17.4 Å². The highest BCUT2D eigenvalue weighted by Gasteiger charge is 2.21. The topological polar surface area (TPSA) is 26.3 Å². The molecule has 0 N–H and O–H groups in total. The number of benzene rings is 1. The van der Waals surface area contributed by atoms with E-state index in [0.29, 0.717) is 18.6 Å². The second-order valence-corrected chi connectivity index (χ2v) is 3.19. The van der Waals surface area contributed by atoms with Gasteiger partial charge in [0.25, 0.3) is 0 Å². The van der Waals surface area contributed by atoms with Crippen molar-refractivity contribution in [3.63, 3.8) is 0 Å². The predicted octanol–water partition coefficient (Wildman–Crippen LogP) is 2.45. The number of carbonyl (C=O) groups excluding carboxylic acids is 1. The normalized spacial score (nSPS) is 14.7. The third kappa shape index (κ3) is 1.75. The van der Waals surface area contributed by atoms with Crippen molar-refractivity contribution in [2.24, 2.45) is 0 Å². The molecule has 0 unspecified atom stereocenters. The fourth-order valence-corrected chi connectivity index (χ4v) is 1.41. The van der Waals surface area contributed by atoms with Crippen LogP contribution in [0.3, 0.4) is 0 Å². The standard InChI is InChI=1S/C11H8F2O2/c12-9-3-1-2-8(10(9)13)11(14)7-4-5-15-6-7/h1-3,6H,4-5H2. The first-order valence-corrected chi connectivity index (χ1v) is 4.49. The van der Waals surface area contributed by atoms with Gasteiger partial charge in [0, 0.05) is 12.0 Å². The Kier molecular flexibility index (Phi) is 2.49. The molecule has 0 spiro atoms. The van der Waals surface area contributed by atoms with Crippen molar-refractivity contribution >= 4 is 5.78 Å². The molecule has 0 atom stereocenters. The molecular weight excluding hydrogens is 202 g/mol. The Labute approximate surface area is 85.2 Å². The number of carbonyl (C=O) groups is 1. The summed E-state index contributed by atoms with van der Waals surface area (Å²) in [5.41, 5.74) is 0.131. The first kappa shape index (κ1) is 9.83. The highest BCUT2D eigenvalue weighted by Crippen LogP contribution is 2.20. The number of rotatable bonds is 2. The van der Waals surface area contributed by atoms with Crippen LogP contribution in [0, 0.1) is 11.6 Å². The van der Waals surface area contributed by atoms with Crippen molar-refractivity contribution in [1.29, 1.82) is 0 Å². The van der Waals surface area contributed by atoms with Crippen LogP contribution in [0.15, 0.2) is 30.0 Å². The molecule has 15 heavy (non-hydrogen) atoms. The van der Waals surface area contributed by atoms with Crippen molar-refractivity contribution in [3.05, 3.63) is 47.2 Å². The monoisotopic (exact) mass is 210 g/mol. The molecule has 1 aliphatic heterocycles. The van der Waals surface area contributed by atoms with Gasteiger partial charge in [-0.05, 0) is 12.1 Å². The molecule has 1 aromatic carbocycles. The molecule has 0 amide bonds. The third-order valence-electron chi connectivity index (χ3n) is 2.20. The summed E-state index contributed by atoms with van der Waals surface area (Å²) in [6.07, 6.45) is 1.74. The van der Waals surface area contributed by atoms with E-state index in [1.165, 1.54) is 18.4 Å². The van der Waals surface area contributed by atoms with Crippen molar-refractivity contribution in [2.75, 3.05) is 6.61 Å². The van der Waals surface area contributed by atoms with Crippen molar-refractivity contribution in [3.8, 4) is 0 Å². The average Bonchev–Trinajstić information content (AvgIpc) is 2.74. The summed E-state index contributed by atoms with van der Waals surface area (Å²) in [4.78, 5) is 11.7. The Morgan fingerprint density at radius 1 is 1.33 bits per heavy atom. The van der Waals surface area contributed by atoms with Gasteiger partial charge in [-0.3, -0.25) is 4.79 Å². The molecule has 0 saturated heterocycles. The number of ether oxygens (including phenoxy) is 1. The maximum absolute atomic E-state index is 13.2. The molecular formula is C11H8F2O2. The minimum absolute atomic E-state index is 0.244. The zero-order valence-electron chi connectivity index (χ0n) is 7.80. The fourth-order valence-electron chi connectivity index (χ4n) is 1.41. The quantitative estimate of drug-likeness (QED) is 0.701. The highest BCUT2D eigenvalue weighted by molar-refractivity contribution is 6.08. The average molecular weight is 210 g/mol. The Balaban J connectivity index is 2.37. The van der Waals surface area contributed by atoms with Gasteiger partial charge in [-0.25, -0.2) is 8.78 Å². The Hall–Kier alpha value is -1.71. The summed E-state index contributed by atoms with van der Waals surface area (Å²) in [5.74, 6) is -2.62. The fraction of sp³-hybridized carbons (Fsp3) is 0.182. The number of hydrogen-bond donors (Lipinski definition) is 0. The predicted molar refractivity (Wildman–Crippen MR) is 49.3 cm³/mol. The first-order valence-electron chi connectivity index (χ1n) is 4.49. The van der Waals surface area contributed by atoms with Gasteiger partial charge < -0.3 is 4.74 Å². The van der Waals surface area contributed by atoms with Crippen LogP contribution < -0.4 is 0 Å². The van der Waals surface area contributed by atoms with Gasteiger partial charge in [-0.2, -0.15) is 0 Å².